The summed E-state index contributed by atoms with van der Waals surface area (Å²) in [5, 5.41) is 12.0. The van der Waals surface area contributed by atoms with Crippen LogP contribution in [0.1, 0.15) is 27.9 Å². The SMILES string of the molecule is COc1cccc2cc(C(=O)C[C@@]3(O)C(=O)N(Cc4ccccc4)c4ccccc43)c(=O)oc12. The van der Waals surface area contributed by atoms with E-state index in [0.29, 0.717) is 22.4 Å². The number of hydrogen-bond donors (Lipinski definition) is 1. The highest BCUT2D eigenvalue weighted by Crippen LogP contribution is 2.43. The molecule has 1 amide bonds. The average molecular weight is 455 g/mol. The lowest BCUT2D eigenvalue weighted by Gasteiger charge is -2.22. The molecule has 3 aromatic carbocycles. The number of carbonyl (C=O) groups excluding carboxylic acids is 2. The van der Waals surface area contributed by atoms with Crippen LogP contribution >= 0.6 is 0 Å². The number of amides is 1. The van der Waals surface area contributed by atoms with Gasteiger partial charge in [0.2, 0.25) is 0 Å². The van der Waals surface area contributed by atoms with Gasteiger partial charge in [0.1, 0.15) is 5.56 Å². The molecule has 0 spiro atoms. The van der Waals surface area contributed by atoms with Gasteiger partial charge in [-0.2, -0.15) is 0 Å². The van der Waals surface area contributed by atoms with Gasteiger partial charge >= 0.3 is 5.63 Å². The molecule has 0 fully saturated rings. The summed E-state index contributed by atoms with van der Waals surface area (Å²) in [4.78, 5) is 40.8. The van der Waals surface area contributed by atoms with Crippen LogP contribution in [0.4, 0.5) is 5.69 Å². The summed E-state index contributed by atoms with van der Waals surface area (Å²) in [6.07, 6.45) is -0.589. The molecule has 0 aliphatic carbocycles. The second kappa shape index (κ2) is 8.28. The maximum atomic E-state index is 13.4. The fourth-order valence-corrected chi connectivity index (χ4v) is 4.40. The zero-order valence-electron chi connectivity index (χ0n) is 18.4. The van der Waals surface area contributed by atoms with E-state index in [-0.39, 0.29) is 17.7 Å². The van der Waals surface area contributed by atoms with Crippen LogP contribution in [0.25, 0.3) is 11.0 Å². The van der Waals surface area contributed by atoms with Crippen molar-refractivity contribution in [2.24, 2.45) is 0 Å². The zero-order valence-corrected chi connectivity index (χ0v) is 18.4. The van der Waals surface area contributed by atoms with Crippen LogP contribution in [0.5, 0.6) is 5.75 Å². The number of benzene rings is 3. The molecule has 4 aromatic rings. The minimum atomic E-state index is -2.10. The smallest absolute Gasteiger partial charge is 0.347 e. The second-order valence-electron chi connectivity index (χ2n) is 8.18. The van der Waals surface area contributed by atoms with Crippen LogP contribution < -0.4 is 15.3 Å². The van der Waals surface area contributed by atoms with Gasteiger partial charge in [0.15, 0.2) is 22.7 Å². The van der Waals surface area contributed by atoms with Gasteiger partial charge in [-0.25, -0.2) is 4.79 Å². The fraction of sp³-hybridized carbons (Fsp3) is 0.148. The lowest BCUT2D eigenvalue weighted by atomic mass is 9.88. The maximum Gasteiger partial charge on any atom is 0.347 e. The number of carbonyl (C=O) groups is 2. The van der Waals surface area contributed by atoms with Crippen LogP contribution in [0, 0.1) is 0 Å². The van der Waals surface area contributed by atoms with E-state index < -0.39 is 29.3 Å². The topological polar surface area (TPSA) is 97.0 Å². The predicted octanol–water partition coefficient (Wildman–Crippen LogP) is 3.81. The molecular formula is C27H21NO6. The number of aliphatic hydroxyl groups is 1. The van der Waals surface area contributed by atoms with E-state index in [2.05, 4.69) is 0 Å². The Morgan fingerprint density at radius 3 is 2.50 bits per heavy atom. The van der Waals surface area contributed by atoms with Crippen molar-refractivity contribution in [3.8, 4) is 5.75 Å². The summed E-state index contributed by atoms with van der Waals surface area (Å²) in [5.74, 6) is -0.938. The van der Waals surface area contributed by atoms with Crippen molar-refractivity contribution in [1.82, 2.24) is 0 Å². The molecule has 2 heterocycles. The van der Waals surface area contributed by atoms with E-state index in [9.17, 15) is 19.5 Å². The van der Waals surface area contributed by atoms with E-state index >= 15 is 0 Å². The first-order chi connectivity index (χ1) is 16.4. The lowest BCUT2D eigenvalue weighted by molar-refractivity contribution is -0.136. The van der Waals surface area contributed by atoms with Gasteiger partial charge in [0.05, 0.1) is 25.8 Å². The van der Waals surface area contributed by atoms with Crippen molar-refractivity contribution in [2.75, 3.05) is 12.0 Å². The number of methoxy groups -OCH3 is 1. The van der Waals surface area contributed by atoms with Gasteiger partial charge in [-0.3, -0.25) is 9.59 Å². The monoisotopic (exact) mass is 455 g/mol. The summed E-state index contributed by atoms with van der Waals surface area (Å²) in [6.45, 7) is 0.241. The Bertz CT molecular complexity index is 1480. The number of fused-ring (bicyclic) bond motifs is 2. The minimum Gasteiger partial charge on any atom is -0.493 e. The Labute approximate surface area is 194 Å². The molecule has 1 aliphatic heterocycles. The molecule has 1 aliphatic rings. The Morgan fingerprint density at radius 2 is 1.74 bits per heavy atom. The molecular weight excluding hydrogens is 434 g/mol. The summed E-state index contributed by atoms with van der Waals surface area (Å²) in [6, 6.07) is 22.6. The first-order valence-corrected chi connectivity index (χ1v) is 10.7. The number of rotatable bonds is 6. The molecule has 5 rings (SSSR count). The highest BCUT2D eigenvalue weighted by atomic mass is 16.5. The number of ether oxygens (including phenoxy) is 1. The third-order valence-corrected chi connectivity index (χ3v) is 6.08. The van der Waals surface area contributed by atoms with E-state index in [1.165, 1.54) is 18.1 Å². The lowest BCUT2D eigenvalue weighted by Crippen LogP contribution is -2.42. The van der Waals surface area contributed by atoms with E-state index in [1.807, 2.05) is 30.3 Å². The van der Waals surface area contributed by atoms with Crippen molar-refractivity contribution >= 4 is 28.3 Å². The molecule has 0 bridgehead atoms. The van der Waals surface area contributed by atoms with Gasteiger partial charge < -0.3 is 19.2 Å². The molecule has 0 saturated carbocycles. The zero-order chi connectivity index (χ0) is 23.9. The largest absolute Gasteiger partial charge is 0.493 e. The van der Waals surface area contributed by atoms with Crippen molar-refractivity contribution in [2.45, 2.75) is 18.6 Å². The Hall–Kier alpha value is -4.23. The standard InChI is InChI=1S/C27H21NO6/c1-33-23-13-7-10-18-14-19(25(30)34-24(18)23)22(29)15-27(32)20-11-5-6-12-21(20)28(26(27)31)16-17-8-3-2-4-9-17/h2-14,32H,15-16H2,1H3/t27-/m0/s1. The normalized spacial score (nSPS) is 17.1. The number of hydrogen-bond acceptors (Lipinski definition) is 6. The number of para-hydroxylation sites is 2. The third-order valence-electron chi connectivity index (χ3n) is 6.08. The molecule has 7 nitrogen and oxygen atoms in total. The molecule has 7 heteroatoms. The van der Waals surface area contributed by atoms with Gasteiger partial charge in [-0.15, -0.1) is 0 Å². The van der Waals surface area contributed by atoms with E-state index in [1.54, 1.807) is 42.5 Å². The first kappa shape index (κ1) is 21.6. The van der Waals surface area contributed by atoms with Crippen LogP contribution in [0.15, 0.2) is 88.1 Å². The Kier molecular flexibility index (Phi) is 5.26. The van der Waals surface area contributed by atoms with Crippen molar-refractivity contribution in [3.05, 3.63) is 106 Å². The molecule has 0 unspecified atom stereocenters. The Balaban J connectivity index is 1.51. The highest BCUT2D eigenvalue weighted by molar-refractivity contribution is 6.11. The quantitative estimate of drug-likeness (QED) is 0.351. The van der Waals surface area contributed by atoms with Crippen molar-refractivity contribution in [1.29, 1.82) is 0 Å². The van der Waals surface area contributed by atoms with E-state index in [4.69, 9.17) is 9.15 Å². The van der Waals surface area contributed by atoms with Gasteiger partial charge in [0, 0.05) is 10.9 Å². The van der Waals surface area contributed by atoms with Crippen LogP contribution in [0.2, 0.25) is 0 Å². The first-order valence-electron chi connectivity index (χ1n) is 10.7. The van der Waals surface area contributed by atoms with Gasteiger partial charge in [-0.05, 0) is 23.8 Å². The summed E-state index contributed by atoms with van der Waals surface area (Å²) >= 11 is 0. The molecule has 1 aromatic heterocycles. The molecule has 1 N–H and O–H groups in total. The second-order valence-corrected chi connectivity index (χ2v) is 8.18. The molecule has 0 saturated heterocycles. The van der Waals surface area contributed by atoms with Crippen LogP contribution in [-0.2, 0) is 16.9 Å². The number of nitrogens with zero attached hydrogens (tertiary/aromatic N) is 1. The molecule has 0 radical (unpaired) electrons. The minimum absolute atomic E-state index is 0.224. The fourth-order valence-electron chi connectivity index (χ4n) is 4.40. The van der Waals surface area contributed by atoms with E-state index in [0.717, 1.165) is 5.56 Å². The van der Waals surface area contributed by atoms with Crippen molar-refractivity contribution in [3.63, 3.8) is 0 Å². The van der Waals surface area contributed by atoms with Crippen LogP contribution in [0.3, 0.4) is 0 Å². The summed E-state index contributed by atoms with van der Waals surface area (Å²) < 4.78 is 10.6. The third kappa shape index (κ3) is 3.47. The average Bonchev–Trinajstić information content (AvgIpc) is 3.05. The maximum absolute atomic E-state index is 13.4. The molecule has 170 valence electrons. The Morgan fingerprint density at radius 1 is 1.00 bits per heavy atom. The number of ketones is 1. The van der Waals surface area contributed by atoms with Gasteiger partial charge in [-0.1, -0.05) is 60.7 Å². The summed E-state index contributed by atoms with van der Waals surface area (Å²) in [7, 11) is 1.45. The van der Waals surface area contributed by atoms with Crippen LogP contribution in [-0.4, -0.2) is 23.9 Å². The number of Topliss-reactive ketones (excluding diaryl/α,β-unsaturated/α-hetero) is 1. The highest BCUT2D eigenvalue weighted by Gasteiger charge is 2.51. The predicted molar refractivity (Wildman–Crippen MR) is 126 cm³/mol. The molecule has 34 heavy (non-hydrogen) atoms. The number of anilines is 1. The summed E-state index contributed by atoms with van der Waals surface area (Å²) in [5.41, 5.74) is -1.23. The molecule has 1 atom stereocenters. The van der Waals surface area contributed by atoms with Gasteiger partial charge in [0.25, 0.3) is 5.91 Å². The van der Waals surface area contributed by atoms with Crippen molar-refractivity contribution < 1.29 is 23.8 Å².